The van der Waals surface area contributed by atoms with Crippen molar-refractivity contribution in [1.29, 1.82) is 0 Å². The van der Waals surface area contributed by atoms with Crippen LogP contribution in [0.1, 0.15) is 27.7 Å². The molecule has 2 heterocycles. The number of rotatable bonds is 8. The topological polar surface area (TPSA) is 99.2 Å². The highest BCUT2D eigenvalue weighted by Gasteiger charge is 2.27. The van der Waals surface area contributed by atoms with Gasteiger partial charge in [0.2, 0.25) is 0 Å². The standard InChI is InChI=1S/C24H26F2N4O3S2/c1-24(25,26)17-8-6-5-7-15(17)13-33-20-12-21(34-22(20)23(27)31)30-14-28-18-10-9-16(11-19(18)30)29-35(2,3,4)32/h5-12,14H,13H2,1-4H3,(H2,27,31)(H,29,32). The molecule has 35 heavy (non-hydrogen) atoms. The Labute approximate surface area is 205 Å². The smallest absolute Gasteiger partial charge is 0.270 e. The third kappa shape index (κ3) is 5.68. The summed E-state index contributed by atoms with van der Waals surface area (Å²) < 4.78 is 51.3. The van der Waals surface area contributed by atoms with Gasteiger partial charge in [-0.2, -0.15) is 0 Å². The molecule has 11 heteroatoms. The first-order valence-corrected chi connectivity index (χ1v) is 14.6. The Bertz CT molecular complexity index is 1490. The molecule has 4 aromatic rings. The van der Waals surface area contributed by atoms with Crippen LogP contribution < -0.4 is 15.2 Å². The quantitative estimate of drug-likeness (QED) is 0.345. The molecular formula is C24H26F2N4O3S2. The van der Waals surface area contributed by atoms with Crippen LogP contribution in [-0.4, -0.2) is 38.4 Å². The number of nitrogens with two attached hydrogens (primary N) is 1. The van der Waals surface area contributed by atoms with Crippen LogP contribution in [-0.2, 0) is 21.8 Å². The number of hydrogen-bond acceptors (Lipinski definition) is 5. The van der Waals surface area contributed by atoms with Crippen molar-refractivity contribution in [2.24, 2.45) is 5.73 Å². The molecule has 7 nitrogen and oxygen atoms in total. The van der Waals surface area contributed by atoms with E-state index in [9.17, 15) is 17.8 Å². The van der Waals surface area contributed by atoms with Gasteiger partial charge in [-0.3, -0.25) is 13.6 Å². The third-order valence-electron chi connectivity index (χ3n) is 5.03. The highest BCUT2D eigenvalue weighted by atomic mass is 32.3. The molecule has 0 saturated carbocycles. The summed E-state index contributed by atoms with van der Waals surface area (Å²) in [6.45, 7) is 0.668. The van der Waals surface area contributed by atoms with E-state index in [0.29, 0.717) is 27.3 Å². The maximum Gasteiger partial charge on any atom is 0.270 e. The fraction of sp³-hybridized carbons (Fsp3) is 0.250. The van der Waals surface area contributed by atoms with Crippen molar-refractivity contribution < 1.29 is 22.5 Å². The zero-order chi connectivity index (χ0) is 25.6. The molecule has 186 valence electrons. The Balaban J connectivity index is 1.69. The first-order valence-electron chi connectivity index (χ1n) is 10.6. The predicted molar refractivity (Wildman–Crippen MR) is 137 cm³/mol. The van der Waals surface area contributed by atoms with Crippen molar-refractivity contribution in [2.45, 2.75) is 19.5 Å². The number of halogens is 2. The average Bonchev–Trinajstić information content (AvgIpc) is 3.33. The number of carbonyl (C=O) groups is 1. The van der Waals surface area contributed by atoms with Gasteiger partial charge >= 0.3 is 0 Å². The Hall–Kier alpha value is -3.31. The SMILES string of the molecule is CC(F)(F)c1ccccc1COc1cc(-n2cnc3ccc(NS(C)(C)(C)=O)cc32)sc1C(N)=O. The molecule has 0 saturated heterocycles. The monoisotopic (exact) mass is 520 g/mol. The molecule has 2 aromatic heterocycles. The number of carbonyl (C=O) groups excluding carboxylic acids is 1. The fourth-order valence-electron chi connectivity index (χ4n) is 3.64. The molecule has 1 amide bonds. The molecular weight excluding hydrogens is 494 g/mol. The summed E-state index contributed by atoms with van der Waals surface area (Å²) in [4.78, 5) is 16.7. The maximum absolute atomic E-state index is 14.0. The lowest BCUT2D eigenvalue weighted by Gasteiger charge is -2.31. The zero-order valence-corrected chi connectivity index (χ0v) is 21.3. The number of imidazole rings is 1. The van der Waals surface area contributed by atoms with E-state index in [1.807, 2.05) is 6.07 Å². The molecule has 0 spiro atoms. The number of nitrogens with one attached hydrogen (secondary N) is 1. The lowest BCUT2D eigenvalue weighted by Crippen LogP contribution is -2.36. The minimum atomic E-state index is -3.04. The molecule has 3 N–H and O–H groups in total. The predicted octanol–water partition coefficient (Wildman–Crippen LogP) is 4.91. The number of hydrogen-bond donors (Lipinski definition) is 2. The van der Waals surface area contributed by atoms with Crippen molar-refractivity contribution in [3.63, 3.8) is 0 Å². The highest BCUT2D eigenvalue weighted by Crippen LogP contribution is 2.36. The van der Waals surface area contributed by atoms with E-state index >= 15 is 0 Å². The van der Waals surface area contributed by atoms with Gasteiger partial charge in [-0.25, -0.2) is 13.8 Å². The van der Waals surface area contributed by atoms with Crippen LogP contribution >= 0.6 is 11.3 Å². The minimum Gasteiger partial charge on any atom is -0.487 e. The number of aromatic nitrogens is 2. The number of amides is 1. The van der Waals surface area contributed by atoms with Crippen LogP contribution in [0.15, 0.2) is 54.9 Å². The summed E-state index contributed by atoms with van der Waals surface area (Å²) in [5.41, 5.74) is 7.80. The van der Waals surface area contributed by atoms with Gasteiger partial charge < -0.3 is 15.2 Å². The number of nitrogens with zero attached hydrogens (tertiary/aromatic N) is 2. The van der Waals surface area contributed by atoms with Crippen LogP contribution in [0.25, 0.3) is 16.0 Å². The maximum atomic E-state index is 14.0. The second-order valence-electron chi connectivity index (χ2n) is 9.32. The number of alkyl halides is 2. The van der Waals surface area contributed by atoms with E-state index in [1.54, 1.807) is 60.0 Å². The van der Waals surface area contributed by atoms with Gasteiger partial charge in [0.25, 0.3) is 11.8 Å². The summed E-state index contributed by atoms with van der Waals surface area (Å²) >= 11 is 1.10. The molecule has 0 aliphatic carbocycles. The summed E-state index contributed by atoms with van der Waals surface area (Å²) in [5.74, 6) is -3.53. The molecule has 0 radical (unpaired) electrons. The van der Waals surface area contributed by atoms with Gasteiger partial charge in [0.1, 0.15) is 28.6 Å². The Kier molecular flexibility index (Phi) is 5.97. The summed E-state index contributed by atoms with van der Waals surface area (Å²) in [5, 5.41) is 0.602. The molecule has 0 atom stereocenters. The van der Waals surface area contributed by atoms with E-state index in [4.69, 9.17) is 10.5 Å². The highest BCUT2D eigenvalue weighted by molar-refractivity contribution is 8.19. The first-order chi connectivity index (χ1) is 16.2. The molecule has 0 fully saturated rings. The van der Waals surface area contributed by atoms with Gasteiger partial charge in [0.05, 0.1) is 11.0 Å². The fourth-order valence-corrected chi connectivity index (χ4v) is 5.51. The van der Waals surface area contributed by atoms with Crippen LogP contribution in [0.2, 0.25) is 0 Å². The number of anilines is 1. The lowest BCUT2D eigenvalue weighted by atomic mass is 10.0. The molecule has 4 rings (SSSR count). The largest absolute Gasteiger partial charge is 0.487 e. The van der Waals surface area contributed by atoms with E-state index < -0.39 is 21.1 Å². The molecule has 0 aliphatic heterocycles. The Morgan fingerprint density at radius 1 is 1.20 bits per heavy atom. The minimum absolute atomic E-state index is 0.144. The van der Waals surface area contributed by atoms with E-state index in [-0.39, 0.29) is 22.8 Å². The summed E-state index contributed by atoms with van der Waals surface area (Å²) in [7, 11) is -3.02. The number of fused-ring (bicyclic) bond motifs is 1. The van der Waals surface area contributed by atoms with Gasteiger partial charge in [-0.05, 0) is 33.0 Å². The first kappa shape index (κ1) is 24.8. The number of primary amides is 1. The van der Waals surface area contributed by atoms with E-state index in [0.717, 1.165) is 18.3 Å². The lowest BCUT2D eigenvalue weighted by molar-refractivity contribution is 0.0156. The summed E-state index contributed by atoms with van der Waals surface area (Å²) in [6.07, 6.45) is 6.54. The van der Waals surface area contributed by atoms with Crippen molar-refractivity contribution >= 4 is 43.2 Å². The van der Waals surface area contributed by atoms with Crippen LogP contribution in [0.5, 0.6) is 5.75 Å². The summed E-state index contributed by atoms with van der Waals surface area (Å²) in [6, 6.07) is 13.1. The normalized spacial score (nSPS) is 13.4. The Morgan fingerprint density at radius 2 is 1.91 bits per heavy atom. The molecule has 0 unspecified atom stereocenters. The van der Waals surface area contributed by atoms with Crippen molar-refractivity contribution in [3.05, 3.63) is 70.9 Å². The van der Waals surface area contributed by atoms with E-state index in [1.165, 1.54) is 12.1 Å². The molecule has 2 aromatic carbocycles. The number of ether oxygens (including phenoxy) is 1. The van der Waals surface area contributed by atoms with Crippen LogP contribution in [0, 0.1) is 0 Å². The van der Waals surface area contributed by atoms with Crippen molar-refractivity contribution in [3.8, 4) is 10.8 Å². The van der Waals surface area contributed by atoms with Crippen molar-refractivity contribution in [1.82, 2.24) is 9.55 Å². The van der Waals surface area contributed by atoms with Crippen LogP contribution in [0.4, 0.5) is 14.5 Å². The molecule has 0 bridgehead atoms. The van der Waals surface area contributed by atoms with Gasteiger partial charge in [-0.1, -0.05) is 24.3 Å². The zero-order valence-electron chi connectivity index (χ0n) is 19.7. The van der Waals surface area contributed by atoms with Crippen LogP contribution in [0.3, 0.4) is 0 Å². The average molecular weight is 521 g/mol. The van der Waals surface area contributed by atoms with Gasteiger partial charge in [-0.15, -0.1) is 11.3 Å². The van der Waals surface area contributed by atoms with Gasteiger partial charge in [0, 0.05) is 43.0 Å². The van der Waals surface area contributed by atoms with E-state index in [2.05, 4.69) is 9.71 Å². The number of thiophene rings is 1. The molecule has 0 aliphatic rings. The second kappa shape index (κ2) is 8.42. The third-order valence-corrected chi connectivity index (χ3v) is 7.09. The second-order valence-corrected chi connectivity index (χ2v) is 15.4. The number of benzene rings is 2. The van der Waals surface area contributed by atoms with Crippen molar-refractivity contribution in [2.75, 3.05) is 23.5 Å². The Morgan fingerprint density at radius 3 is 2.57 bits per heavy atom. The van der Waals surface area contributed by atoms with Gasteiger partial charge in [0.15, 0.2) is 0 Å².